The molecule has 1 saturated heterocycles. The van der Waals surface area contributed by atoms with E-state index in [9.17, 15) is 0 Å². The molecule has 8 nitrogen and oxygen atoms in total. The standard InChI is InChI=1S/C20H40O8/c1-19(2)26-17-15-24-13-11-22-9-7-21-8-10-23-12-14-25-16-18-28-20-5-3-4-6-27-20/h19-20H,3-18H2,1-2H3. The van der Waals surface area contributed by atoms with Gasteiger partial charge in [0, 0.05) is 6.61 Å². The molecule has 0 spiro atoms. The van der Waals surface area contributed by atoms with Crippen LogP contribution in [0, 0.1) is 0 Å². The quantitative estimate of drug-likeness (QED) is 0.283. The van der Waals surface area contributed by atoms with Gasteiger partial charge in [-0.2, -0.15) is 0 Å². The predicted molar refractivity (Wildman–Crippen MR) is 105 cm³/mol. The number of rotatable bonds is 20. The molecule has 1 unspecified atom stereocenters. The molecule has 0 aromatic carbocycles. The summed E-state index contributed by atoms with van der Waals surface area (Å²) < 4.78 is 43.6. The maximum atomic E-state index is 5.58. The van der Waals surface area contributed by atoms with E-state index in [1.165, 1.54) is 6.42 Å². The van der Waals surface area contributed by atoms with Crippen molar-refractivity contribution in [3.8, 4) is 0 Å². The second-order valence-corrected chi connectivity index (χ2v) is 6.65. The van der Waals surface area contributed by atoms with Crippen molar-refractivity contribution in [3.63, 3.8) is 0 Å². The summed E-state index contributed by atoms with van der Waals surface area (Å²) in [6, 6.07) is 0. The highest BCUT2D eigenvalue weighted by molar-refractivity contribution is 4.53. The van der Waals surface area contributed by atoms with Crippen molar-refractivity contribution >= 4 is 0 Å². The molecule has 0 aromatic rings. The van der Waals surface area contributed by atoms with Gasteiger partial charge in [-0.1, -0.05) is 0 Å². The molecule has 1 fully saturated rings. The summed E-state index contributed by atoms with van der Waals surface area (Å²) >= 11 is 0. The van der Waals surface area contributed by atoms with Crippen molar-refractivity contribution in [1.82, 2.24) is 0 Å². The van der Waals surface area contributed by atoms with Gasteiger partial charge >= 0.3 is 0 Å². The zero-order valence-corrected chi connectivity index (χ0v) is 17.7. The van der Waals surface area contributed by atoms with Gasteiger partial charge < -0.3 is 37.9 Å². The molecule has 0 aromatic heterocycles. The normalized spacial score (nSPS) is 17.5. The summed E-state index contributed by atoms with van der Waals surface area (Å²) in [6.07, 6.45) is 3.49. The summed E-state index contributed by atoms with van der Waals surface area (Å²) in [5.74, 6) is 0. The van der Waals surface area contributed by atoms with E-state index in [4.69, 9.17) is 37.9 Å². The van der Waals surface area contributed by atoms with Crippen LogP contribution in [0.5, 0.6) is 0 Å². The Morgan fingerprint density at radius 2 is 1.11 bits per heavy atom. The Hall–Kier alpha value is -0.320. The topological polar surface area (TPSA) is 73.8 Å². The molecule has 1 rings (SSSR count). The van der Waals surface area contributed by atoms with E-state index < -0.39 is 0 Å². The smallest absolute Gasteiger partial charge is 0.157 e. The molecule has 1 atom stereocenters. The first-order chi connectivity index (χ1) is 13.8. The molecule has 0 N–H and O–H groups in total. The van der Waals surface area contributed by atoms with Gasteiger partial charge in [-0.3, -0.25) is 0 Å². The SMILES string of the molecule is CC(C)OCCOCCOCCOCCOCCOCCOC1CCCCO1. The van der Waals surface area contributed by atoms with Crippen molar-refractivity contribution < 1.29 is 37.9 Å². The fourth-order valence-corrected chi connectivity index (χ4v) is 2.41. The molecule has 168 valence electrons. The Bertz CT molecular complexity index is 311. The fourth-order valence-electron chi connectivity index (χ4n) is 2.41. The molecule has 28 heavy (non-hydrogen) atoms. The van der Waals surface area contributed by atoms with Gasteiger partial charge in [-0.25, -0.2) is 0 Å². The van der Waals surface area contributed by atoms with E-state index in [0.717, 1.165) is 19.4 Å². The molecule has 1 aliphatic heterocycles. The van der Waals surface area contributed by atoms with E-state index in [1.54, 1.807) is 0 Å². The van der Waals surface area contributed by atoms with Crippen LogP contribution in [0.25, 0.3) is 0 Å². The van der Waals surface area contributed by atoms with Gasteiger partial charge in [0.25, 0.3) is 0 Å². The van der Waals surface area contributed by atoms with Crippen molar-refractivity contribution in [2.24, 2.45) is 0 Å². The first kappa shape index (κ1) is 25.7. The molecule has 8 heteroatoms. The molecule has 0 radical (unpaired) electrons. The summed E-state index contributed by atoms with van der Waals surface area (Å²) in [4.78, 5) is 0. The lowest BCUT2D eigenvalue weighted by Gasteiger charge is -2.22. The monoisotopic (exact) mass is 408 g/mol. The number of ether oxygens (including phenoxy) is 8. The fraction of sp³-hybridized carbons (Fsp3) is 1.00. The highest BCUT2D eigenvalue weighted by atomic mass is 16.7. The molecule has 0 aliphatic carbocycles. The van der Waals surface area contributed by atoms with E-state index in [2.05, 4.69) is 0 Å². The highest BCUT2D eigenvalue weighted by Gasteiger charge is 2.13. The Morgan fingerprint density at radius 3 is 1.54 bits per heavy atom. The molecule has 1 heterocycles. The maximum Gasteiger partial charge on any atom is 0.157 e. The minimum atomic E-state index is -0.0495. The van der Waals surface area contributed by atoms with Crippen LogP contribution in [0.2, 0.25) is 0 Å². The summed E-state index contributed by atoms with van der Waals surface area (Å²) in [5, 5.41) is 0. The Kier molecular flexibility index (Phi) is 18.3. The van der Waals surface area contributed by atoms with E-state index in [1.807, 2.05) is 13.8 Å². The van der Waals surface area contributed by atoms with Gasteiger partial charge in [-0.05, 0) is 33.1 Å². The van der Waals surface area contributed by atoms with Gasteiger partial charge in [0.2, 0.25) is 0 Å². The lowest BCUT2D eigenvalue weighted by atomic mass is 10.2. The van der Waals surface area contributed by atoms with Gasteiger partial charge in [0.15, 0.2) is 6.29 Å². The second-order valence-electron chi connectivity index (χ2n) is 6.65. The zero-order chi connectivity index (χ0) is 20.1. The number of hydrogen-bond donors (Lipinski definition) is 0. The maximum absolute atomic E-state index is 5.58. The van der Waals surface area contributed by atoms with Crippen LogP contribution in [0.1, 0.15) is 33.1 Å². The molecule has 0 amide bonds. The minimum absolute atomic E-state index is 0.0495. The van der Waals surface area contributed by atoms with Crippen LogP contribution in [0.4, 0.5) is 0 Å². The molecule has 0 saturated carbocycles. The van der Waals surface area contributed by atoms with E-state index >= 15 is 0 Å². The largest absolute Gasteiger partial charge is 0.377 e. The Labute approximate surface area is 170 Å². The van der Waals surface area contributed by atoms with Crippen LogP contribution < -0.4 is 0 Å². The summed E-state index contributed by atoms with van der Waals surface area (Å²) in [7, 11) is 0. The molecule has 1 aliphatic rings. The molecular weight excluding hydrogens is 368 g/mol. The Balaban J connectivity index is 1.64. The van der Waals surface area contributed by atoms with Gasteiger partial charge in [-0.15, -0.1) is 0 Å². The van der Waals surface area contributed by atoms with Crippen LogP contribution >= 0.6 is 0 Å². The van der Waals surface area contributed by atoms with Crippen molar-refractivity contribution in [1.29, 1.82) is 0 Å². The average Bonchev–Trinajstić information content (AvgIpc) is 2.70. The first-order valence-corrected chi connectivity index (χ1v) is 10.5. The van der Waals surface area contributed by atoms with E-state index in [-0.39, 0.29) is 12.4 Å². The average molecular weight is 409 g/mol. The zero-order valence-electron chi connectivity index (χ0n) is 17.7. The third-order valence-electron chi connectivity index (χ3n) is 3.84. The summed E-state index contributed by atoms with van der Waals surface area (Å²) in [5.41, 5.74) is 0. The van der Waals surface area contributed by atoms with Gasteiger partial charge in [0.05, 0.1) is 85.4 Å². The van der Waals surface area contributed by atoms with Gasteiger partial charge in [0.1, 0.15) is 0 Å². The molecular formula is C20H40O8. The van der Waals surface area contributed by atoms with Crippen LogP contribution in [-0.2, 0) is 37.9 Å². The molecule has 0 bridgehead atoms. The third-order valence-corrected chi connectivity index (χ3v) is 3.84. The van der Waals surface area contributed by atoms with Crippen molar-refractivity contribution in [3.05, 3.63) is 0 Å². The second kappa shape index (κ2) is 20.0. The van der Waals surface area contributed by atoms with Crippen LogP contribution in [0.15, 0.2) is 0 Å². The third kappa shape index (κ3) is 17.8. The first-order valence-electron chi connectivity index (χ1n) is 10.5. The lowest BCUT2D eigenvalue weighted by Crippen LogP contribution is -2.24. The van der Waals surface area contributed by atoms with Crippen molar-refractivity contribution in [2.45, 2.75) is 45.5 Å². The van der Waals surface area contributed by atoms with E-state index in [0.29, 0.717) is 79.3 Å². The Morgan fingerprint density at radius 1 is 0.643 bits per heavy atom. The van der Waals surface area contributed by atoms with Crippen LogP contribution in [0.3, 0.4) is 0 Å². The van der Waals surface area contributed by atoms with Crippen LogP contribution in [-0.4, -0.2) is 98.3 Å². The summed E-state index contributed by atoms with van der Waals surface area (Å²) in [6.45, 7) is 11.6. The minimum Gasteiger partial charge on any atom is -0.377 e. The highest BCUT2D eigenvalue weighted by Crippen LogP contribution is 2.13. The van der Waals surface area contributed by atoms with Crippen molar-refractivity contribution in [2.75, 3.05) is 85.9 Å². The number of hydrogen-bond acceptors (Lipinski definition) is 8. The predicted octanol–water partition coefficient (Wildman–Crippen LogP) is 2.04. The lowest BCUT2D eigenvalue weighted by molar-refractivity contribution is -0.169.